The van der Waals surface area contributed by atoms with E-state index in [1.54, 1.807) is 0 Å². The average Bonchev–Trinajstić information content (AvgIpc) is 2.70. The van der Waals surface area contributed by atoms with Crippen molar-refractivity contribution in [3.05, 3.63) is 43.9 Å². The second-order valence-electron chi connectivity index (χ2n) is 4.48. The molecule has 0 aliphatic heterocycles. The highest BCUT2D eigenvalue weighted by molar-refractivity contribution is 9.10. The van der Waals surface area contributed by atoms with E-state index < -0.39 is 0 Å². The quantitative estimate of drug-likeness (QED) is 0.584. The van der Waals surface area contributed by atoms with Crippen LogP contribution in [0.15, 0.2) is 30.2 Å². The number of hydrogen-bond donors (Lipinski definition) is 0. The topological polar surface area (TPSA) is 43.4 Å². The zero-order chi connectivity index (χ0) is 13.0. The van der Waals surface area contributed by atoms with Crippen molar-refractivity contribution in [3.63, 3.8) is 0 Å². The van der Waals surface area contributed by atoms with Gasteiger partial charge in [-0.3, -0.25) is 0 Å². The Morgan fingerprint density at radius 1 is 1.00 bits per heavy atom. The number of furan rings is 1. The summed E-state index contributed by atoms with van der Waals surface area (Å²) in [4.78, 5) is 11.7. The molecule has 3 nitrogen and oxygen atoms in total. The molecule has 0 aliphatic carbocycles. The van der Waals surface area contributed by atoms with Crippen LogP contribution in [0.25, 0.3) is 21.9 Å². The normalized spacial score (nSPS) is 11.6. The molecule has 92 valence electrons. The van der Waals surface area contributed by atoms with E-state index in [1.165, 1.54) is 0 Å². The van der Waals surface area contributed by atoms with Crippen molar-refractivity contribution in [1.82, 2.24) is 0 Å². The first-order valence-electron chi connectivity index (χ1n) is 5.61. The number of hydrogen-bond acceptors (Lipinski definition) is 3. The maximum atomic E-state index is 11.7. The fraction of sp³-hybridized carbons (Fsp3) is 0.214. The highest BCUT2D eigenvalue weighted by Gasteiger charge is 2.15. The molecule has 0 saturated carbocycles. The Labute approximate surface area is 112 Å². The minimum Gasteiger partial charge on any atom is -0.461 e. The third kappa shape index (κ3) is 1.45. The van der Waals surface area contributed by atoms with Crippen LogP contribution in [0.1, 0.15) is 16.9 Å². The van der Waals surface area contributed by atoms with Crippen LogP contribution in [-0.2, 0) is 0 Å². The van der Waals surface area contributed by atoms with Crippen molar-refractivity contribution in [2.24, 2.45) is 0 Å². The highest BCUT2D eigenvalue weighted by atomic mass is 79.9. The van der Waals surface area contributed by atoms with Gasteiger partial charge in [-0.2, -0.15) is 0 Å². The molecule has 0 bridgehead atoms. The monoisotopic (exact) mass is 306 g/mol. The fourth-order valence-corrected chi connectivity index (χ4v) is 2.57. The van der Waals surface area contributed by atoms with Crippen molar-refractivity contribution in [1.29, 1.82) is 0 Å². The molecule has 18 heavy (non-hydrogen) atoms. The van der Waals surface area contributed by atoms with Crippen LogP contribution in [0.2, 0.25) is 0 Å². The zero-order valence-corrected chi connectivity index (χ0v) is 11.8. The van der Waals surface area contributed by atoms with Gasteiger partial charge in [-0.1, -0.05) is 0 Å². The smallest absolute Gasteiger partial charge is 0.350 e. The summed E-state index contributed by atoms with van der Waals surface area (Å²) in [7, 11) is 0. The van der Waals surface area contributed by atoms with Gasteiger partial charge in [0.15, 0.2) is 0 Å². The molecule has 1 aromatic carbocycles. The molecular weight excluding hydrogens is 296 g/mol. The highest BCUT2D eigenvalue weighted by Crippen LogP contribution is 2.32. The molecule has 0 unspecified atom stereocenters. The Bertz CT molecular complexity index is 840. The Hall–Kier alpha value is -1.55. The number of rotatable bonds is 0. The second kappa shape index (κ2) is 3.72. The molecule has 0 saturated heterocycles. The van der Waals surface area contributed by atoms with Crippen LogP contribution >= 0.6 is 15.9 Å². The summed E-state index contributed by atoms with van der Waals surface area (Å²) in [5.41, 5.74) is 2.78. The molecular formula is C14H11BrO3. The van der Waals surface area contributed by atoms with Gasteiger partial charge in [-0.25, -0.2) is 4.79 Å². The Morgan fingerprint density at radius 2 is 1.72 bits per heavy atom. The van der Waals surface area contributed by atoms with Crippen molar-refractivity contribution in [2.75, 3.05) is 0 Å². The molecule has 0 amide bonds. The molecule has 0 atom stereocenters. The Balaban J connectivity index is 2.63. The van der Waals surface area contributed by atoms with Crippen molar-refractivity contribution in [2.45, 2.75) is 20.8 Å². The van der Waals surface area contributed by atoms with E-state index in [1.807, 2.05) is 32.9 Å². The lowest BCUT2D eigenvalue weighted by molar-refractivity contribution is 0.548. The number of halogens is 1. The average molecular weight is 307 g/mol. The third-order valence-electron chi connectivity index (χ3n) is 3.22. The van der Waals surface area contributed by atoms with E-state index in [0.29, 0.717) is 10.1 Å². The van der Waals surface area contributed by atoms with Gasteiger partial charge in [0.1, 0.15) is 21.4 Å². The van der Waals surface area contributed by atoms with Gasteiger partial charge in [-0.15, -0.1) is 0 Å². The van der Waals surface area contributed by atoms with E-state index >= 15 is 0 Å². The molecule has 2 heterocycles. The summed E-state index contributed by atoms with van der Waals surface area (Å²) in [5.74, 6) is 0.850. The van der Waals surface area contributed by atoms with E-state index in [2.05, 4.69) is 15.9 Å². The molecule has 0 radical (unpaired) electrons. The molecule has 4 heteroatoms. The van der Waals surface area contributed by atoms with E-state index in [4.69, 9.17) is 8.83 Å². The second-order valence-corrected chi connectivity index (χ2v) is 5.28. The predicted molar refractivity (Wildman–Crippen MR) is 74.2 cm³/mol. The maximum absolute atomic E-state index is 11.7. The molecule has 3 rings (SSSR count). The molecule has 0 N–H and O–H groups in total. The van der Waals surface area contributed by atoms with Gasteiger partial charge >= 0.3 is 5.63 Å². The minimum atomic E-state index is -0.356. The molecule has 0 fully saturated rings. The van der Waals surface area contributed by atoms with Crippen molar-refractivity contribution >= 4 is 37.9 Å². The lowest BCUT2D eigenvalue weighted by Gasteiger charge is -2.05. The molecule has 0 aliphatic rings. The standard InChI is InChI=1S/C14H11BrO3/c1-6-4-9-5-10-7(2)11(15)14(16)18-13(10)8(3)12(9)17-6/h4-5H,1-3H3. The largest absolute Gasteiger partial charge is 0.461 e. The van der Waals surface area contributed by atoms with Crippen LogP contribution in [0.3, 0.4) is 0 Å². The first-order valence-corrected chi connectivity index (χ1v) is 6.41. The van der Waals surface area contributed by atoms with E-state index in [-0.39, 0.29) is 5.63 Å². The lowest BCUT2D eigenvalue weighted by atomic mass is 10.1. The van der Waals surface area contributed by atoms with E-state index in [9.17, 15) is 4.79 Å². The SMILES string of the molecule is Cc1cc2cc3c(C)c(Br)c(=O)oc3c(C)c2o1. The fourth-order valence-electron chi connectivity index (χ4n) is 2.28. The summed E-state index contributed by atoms with van der Waals surface area (Å²) >= 11 is 3.26. The molecule has 3 aromatic rings. The summed E-state index contributed by atoms with van der Waals surface area (Å²) in [6, 6.07) is 3.98. The van der Waals surface area contributed by atoms with Gasteiger partial charge in [0, 0.05) is 16.3 Å². The minimum absolute atomic E-state index is 0.356. The Kier molecular flexibility index (Phi) is 2.38. The predicted octanol–water partition coefficient (Wildman–Crippen LogP) is 4.23. The summed E-state index contributed by atoms with van der Waals surface area (Å²) in [6.45, 7) is 5.72. The van der Waals surface area contributed by atoms with Gasteiger partial charge in [0.25, 0.3) is 0 Å². The van der Waals surface area contributed by atoms with Crippen LogP contribution in [0, 0.1) is 20.8 Å². The molecule has 0 spiro atoms. The van der Waals surface area contributed by atoms with Crippen molar-refractivity contribution in [3.8, 4) is 0 Å². The first-order chi connectivity index (χ1) is 8.49. The van der Waals surface area contributed by atoms with Crippen LogP contribution in [0.5, 0.6) is 0 Å². The van der Waals surface area contributed by atoms with Crippen molar-refractivity contribution < 1.29 is 8.83 Å². The summed E-state index contributed by atoms with van der Waals surface area (Å²) in [5, 5.41) is 1.97. The first kappa shape index (κ1) is 11.5. The maximum Gasteiger partial charge on any atom is 0.350 e. The third-order valence-corrected chi connectivity index (χ3v) is 4.14. The van der Waals surface area contributed by atoms with Crippen LogP contribution in [-0.4, -0.2) is 0 Å². The zero-order valence-electron chi connectivity index (χ0n) is 10.3. The van der Waals surface area contributed by atoms with Gasteiger partial charge < -0.3 is 8.83 Å². The lowest BCUT2D eigenvalue weighted by Crippen LogP contribution is -2.03. The van der Waals surface area contributed by atoms with Crippen LogP contribution in [0.4, 0.5) is 0 Å². The number of aryl methyl sites for hydroxylation is 3. The summed E-state index contributed by atoms with van der Waals surface area (Å²) < 4.78 is 11.5. The van der Waals surface area contributed by atoms with E-state index in [0.717, 1.165) is 33.2 Å². The molecule has 2 aromatic heterocycles. The number of benzene rings is 1. The van der Waals surface area contributed by atoms with Crippen LogP contribution < -0.4 is 5.63 Å². The van der Waals surface area contributed by atoms with Gasteiger partial charge in [-0.05, 0) is 54.4 Å². The number of fused-ring (bicyclic) bond motifs is 2. The van der Waals surface area contributed by atoms with Gasteiger partial charge in [0.2, 0.25) is 0 Å². The summed E-state index contributed by atoms with van der Waals surface area (Å²) in [6.07, 6.45) is 0. The Morgan fingerprint density at radius 3 is 2.44 bits per heavy atom. The van der Waals surface area contributed by atoms with Gasteiger partial charge in [0.05, 0.1) is 0 Å².